The van der Waals surface area contributed by atoms with Crippen molar-refractivity contribution in [2.45, 2.75) is 334 Å². The minimum atomic E-state index is -0.860. The molecule has 0 aromatic heterocycles. The quantitative estimate of drug-likeness (QED) is 0.0321. The molecular formula is C60H115NO5. The standard InChI is InChI=1S/C60H115NO5/c1-3-5-7-9-11-13-15-17-19-21-23-24-25-26-28-30-32-36-40-44-48-52-58(63)57(56-62)61-59(64)53-49-45-41-37-34-35-39-43-47-51-55-66-60(65)54-50-46-42-38-33-31-29-27-22-20-18-16-14-12-10-8-6-4-2/h20,22,48,52,57-58,62-63H,3-19,21,23-47,49-51,53-56H2,1-2H3,(H,61,64)/b22-20-,52-48+. The highest BCUT2D eigenvalue weighted by Gasteiger charge is 2.18. The van der Waals surface area contributed by atoms with Crippen LogP contribution in [0, 0.1) is 0 Å². The van der Waals surface area contributed by atoms with Crippen molar-refractivity contribution < 1.29 is 24.5 Å². The van der Waals surface area contributed by atoms with Crippen molar-refractivity contribution in [3.63, 3.8) is 0 Å². The van der Waals surface area contributed by atoms with E-state index in [-0.39, 0.29) is 18.5 Å². The number of rotatable bonds is 55. The maximum atomic E-state index is 12.5. The highest BCUT2D eigenvalue weighted by Crippen LogP contribution is 2.17. The van der Waals surface area contributed by atoms with Gasteiger partial charge in [0.15, 0.2) is 0 Å². The Labute approximate surface area is 411 Å². The van der Waals surface area contributed by atoms with Gasteiger partial charge >= 0.3 is 5.97 Å². The van der Waals surface area contributed by atoms with Gasteiger partial charge in [-0.05, 0) is 57.8 Å². The first kappa shape index (κ1) is 64.3. The molecule has 1 amide bonds. The first-order valence-electron chi connectivity index (χ1n) is 29.6. The van der Waals surface area contributed by atoms with Crippen molar-refractivity contribution in [1.29, 1.82) is 0 Å². The highest BCUT2D eigenvalue weighted by molar-refractivity contribution is 5.76. The van der Waals surface area contributed by atoms with Crippen LogP contribution in [0.15, 0.2) is 24.3 Å². The SMILES string of the molecule is CCCCCCCCC/C=C\CCCCCCCCCC(=O)OCCCCCCCCCCCCC(=O)NC(CO)C(O)/C=C/CCCCCCCCCCCCCCCCCCCCC. The number of nitrogens with one attached hydrogen (secondary N) is 1. The third-order valence-electron chi connectivity index (χ3n) is 13.7. The van der Waals surface area contributed by atoms with Gasteiger partial charge in [0.05, 0.1) is 25.4 Å². The van der Waals surface area contributed by atoms with Crippen LogP contribution in [0.5, 0.6) is 0 Å². The summed E-state index contributed by atoms with van der Waals surface area (Å²) >= 11 is 0. The number of allylic oxidation sites excluding steroid dienone is 3. The lowest BCUT2D eigenvalue weighted by atomic mass is 10.0. The molecule has 0 aromatic rings. The van der Waals surface area contributed by atoms with Gasteiger partial charge in [-0.2, -0.15) is 0 Å². The highest BCUT2D eigenvalue weighted by atomic mass is 16.5. The molecule has 0 rings (SSSR count). The molecule has 0 aliphatic carbocycles. The van der Waals surface area contributed by atoms with E-state index in [2.05, 4.69) is 31.3 Å². The Kier molecular flexibility index (Phi) is 54.5. The van der Waals surface area contributed by atoms with Gasteiger partial charge in [-0.15, -0.1) is 0 Å². The molecule has 0 radical (unpaired) electrons. The fourth-order valence-corrected chi connectivity index (χ4v) is 9.16. The minimum Gasteiger partial charge on any atom is -0.466 e. The van der Waals surface area contributed by atoms with Crippen LogP contribution in [0.3, 0.4) is 0 Å². The van der Waals surface area contributed by atoms with E-state index in [1.807, 2.05) is 6.08 Å². The molecule has 3 N–H and O–H groups in total. The van der Waals surface area contributed by atoms with Crippen LogP contribution < -0.4 is 5.32 Å². The molecule has 6 nitrogen and oxygen atoms in total. The summed E-state index contributed by atoms with van der Waals surface area (Å²) in [5.74, 6) is -0.111. The second-order valence-electron chi connectivity index (χ2n) is 20.3. The normalized spacial score (nSPS) is 12.7. The maximum absolute atomic E-state index is 12.5. The third kappa shape index (κ3) is 51.7. The van der Waals surface area contributed by atoms with Crippen LogP contribution in [-0.4, -0.2) is 47.4 Å². The molecule has 0 aliphatic rings. The van der Waals surface area contributed by atoms with E-state index in [0.717, 1.165) is 57.8 Å². The Morgan fingerprint density at radius 3 is 1.08 bits per heavy atom. The molecule has 0 aliphatic heterocycles. The molecule has 0 heterocycles. The summed E-state index contributed by atoms with van der Waals surface area (Å²) < 4.78 is 5.47. The molecule has 6 heteroatoms. The van der Waals surface area contributed by atoms with Gasteiger partial charge in [0.2, 0.25) is 5.91 Å². The lowest BCUT2D eigenvalue weighted by molar-refractivity contribution is -0.143. The Hall–Kier alpha value is -1.66. The molecule has 0 spiro atoms. The second-order valence-corrected chi connectivity index (χ2v) is 20.3. The van der Waals surface area contributed by atoms with Crippen LogP contribution in [0.25, 0.3) is 0 Å². The van der Waals surface area contributed by atoms with Crippen LogP contribution in [0.4, 0.5) is 0 Å². The summed E-state index contributed by atoms with van der Waals surface area (Å²) in [7, 11) is 0. The zero-order valence-electron chi connectivity index (χ0n) is 44.4. The molecule has 0 saturated carbocycles. The van der Waals surface area contributed by atoms with Crippen molar-refractivity contribution in [3.8, 4) is 0 Å². The number of carbonyl (C=O) groups excluding carboxylic acids is 2. The molecule has 0 aromatic carbocycles. The summed E-state index contributed by atoms with van der Waals surface area (Å²) in [6.45, 7) is 4.87. The van der Waals surface area contributed by atoms with Gasteiger partial charge in [0.25, 0.3) is 0 Å². The lowest BCUT2D eigenvalue weighted by Crippen LogP contribution is -2.45. The minimum absolute atomic E-state index is 0.0230. The predicted molar refractivity (Wildman–Crippen MR) is 287 cm³/mol. The van der Waals surface area contributed by atoms with E-state index in [1.54, 1.807) is 6.08 Å². The van der Waals surface area contributed by atoms with Crippen LogP contribution >= 0.6 is 0 Å². The van der Waals surface area contributed by atoms with E-state index in [9.17, 15) is 19.8 Å². The van der Waals surface area contributed by atoms with Crippen molar-refractivity contribution in [2.75, 3.05) is 13.2 Å². The average Bonchev–Trinajstić information content (AvgIpc) is 3.32. The van der Waals surface area contributed by atoms with Gasteiger partial charge in [-0.25, -0.2) is 0 Å². The Bertz CT molecular complexity index is 1030. The molecule has 66 heavy (non-hydrogen) atoms. The molecular weight excluding hydrogens is 815 g/mol. The number of unbranched alkanes of at least 4 members (excludes halogenated alkanes) is 42. The van der Waals surface area contributed by atoms with E-state index < -0.39 is 12.1 Å². The van der Waals surface area contributed by atoms with Crippen molar-refractivity contribution in [3.05, 3.63) is 24.3 Å². The van der Waals surface area contributed by atoms with Gasteiger partial charge in [0, 0.05) is 12.8 Å². The number of hydrogen-bond donors (Lipinski definition) is 3. The van der Waals surface area contributed by atoms with E-state index in [1.165, 1.54) is 238 Å². The van der Waals surface area contributed by atoms with Gasteiger partial charge in [-0.1, -0.05) is 276 Å². The van der Waals surface area contributed by atoms with Crippen molar-refractivity contribution in [1.82, 2.24) is 5.32 Å². The zero-order chi connectivity index (χ0) is 47.9. The Morgan fingerprint density at radius 2 is 0.712 bits per heavy atom. The number of amides is 1. The maximum Gasteiger partial charge on any atom is 0.305 e. The van der Waals surface area contributed by atoms with Crippen LogP contribution in [0.2, 0.25) is 0 Å². The lowest BCUT2D eigenvalue weighted by Gasteiger charge is -2.20. The Balaban J connectivity index is 3.49. The fraction of sp³-hybridized carbons (Fsp3) is 0.900. The first-order valence-corrected chi connectivity index (χ1v) is 29.6. The second kappa shape index (κ2) is 55.9. The predicted octanol–water partition coefficient (Wildman–Crippen LogP) is 18.2. The zero-order valence-corrected chi connectivity index (χ0v) is 44.4. The van der Waals surface area contributed by atoms with E-state index in [4.69, 9.17) is 4.74 Å². The number of hydrogen-bond acceptors (Lipinski definition) is 5. The first-order chi connectivity index (χ1) is 32.5. The molecule has 2 unspecified atom stereocenters. The van der Waals surface area contributed by atoms with Crippen molar-refractivity contribution >= 4 is 11.9 Å². The molecule has 0 fully saturated rings. The third-order valence-corrected chi connectivity index (χ3v) is 13.7. The molecule has 0 saturated heterocycles. The topological polar surface area (TPSA) is 95.9 Å². The van der Waals surface area contributed by atoms with Gasteiger partial charge < -0.3 is 20.3 Å². The summed E-state index contributed by atoms with van der Waals surface area (Å²) in [5, 5.41) is 23.2. The summed E-state index contributed by atoms with van der Waals surface area (Å²) in [6.07, 6.45) is 67.7. The number of ether oxygens (including phenoxy) is 1. The summed E-state index contributed by atoms with van der Waals surface area (Å²) in [4.78, 5) is 24.6. The number of carbonyl (C=O) groups is 2. The fourth-order valence-electron chi connectivity index (χ4n) is 9.16. The molecule has 390 valence electrons. The van der Waals surface area contributed by atoms with Crippen molar-refractivity contribution in [2.24, 2.45) is 0 Å². The molecule has 0 bridgehead atoms. The number of esters is 1. The average molecular weight is 931 g/mol. The Morgan fingerprint density at radius 1 is 0.409 bits per heavy atom. The van der Waals surface area contributed by atoms with Crippen LogP contribution in [-0.2, 0) is 14.3 Å². The smallest absolute Gasteiger partial charge is 0.305 e. The number of aliphatic hydroxyl groups excluding tert-OH is 2. The summed E-state index contributed by atoms with van der Waals surface area (Å²) in [5.41, 5.74) is 0. The largest absolute Gasteiger partial charge is 0.466 e. The van der Waals surface area contributed by atoms with Crippen LogP contribution in [0.1, 0.15) is 322 Å². The van der Waals surface area contributed by atoms with Gasteiger partial charge in [-0.3, -0.25) is 9.59 Å². The van der Waals surface area contributed by atoms with E-state index in [0.29, 0.717) is 19.4 Å². The van der Waals surface area contributed by atoms with Gasteiger partial charge in [0.1, 0.15) is 0 Å². The van der Waals surface area contributed by atoms with E-state index >= 15 is 0 Å². The monoisotopic (exact) mass is 930 g/mol. The number of aliphatic hydroxyl groups is 2. The summed E-state index contributed by atoms with van der Waals surface area (Å²) in [6, 6.07) is -0.646. The molecule has 2 atom stereocenters.